The van der Waals surface area contributed by atoms with E-state index in [0.29, 0.717) is 0 Å². The van der Waals surface area contributed by atoms with E-state index in [-0.39, 0.29) is 10.8 Å². The van der Waals surface area contributed by atoms with Gasteiger partial charge in [0.2, 0.25) is 0 Å². The van der Waals surface area contributed by atoms with Crippen molar-refractivity contribution in [1.29, 1.82) is 0 Å². The van der Waals surface area contributed by atoms with Crippen molar-refractivity contribution in [1.82, 2.24) is 0 Å². The van der Waals surface area contributed by atoms with Gasteiger partial charge in [-0.1, -0.05) is 198 Å². The van der Waals surface area contributed by atoms with Crippen molar-refractivity contribution in [2.24, 2.45) is 0 Å². The van der Waals surface area contributed by atoms with Crippen molar-refractivity contribution in [3.63, 3.8) is 0 Å². The van der Waals surface area contributed by atoms with E-state index in [1.165, 1.54) is 94.3 Å². The lowest BCUT2D eigenvalue weighted by Crippen LogP contribution is -2.34. The first-order valence-electron chi connectivity index (χ1n) is 22.3. The molecular formula is C61H49N. The summed E-state index contributed by atoms with van der Waals surface area (Å²) >= 11 is 0. The zero-order valence-electron chi connectivity index (χ0n) is 35.9. The van der Waals surface area contributed by atoms with Crippen molar-refractivity contribution in [2.45, 2.75) is 56.8 Å². The van der Waals surface area contributed by atoms with E-state index >= 15 is 0 Å². The van der Waals surface area contributed by atoms with Crippen molar-refractivity contribution in [3.8, 4) is 44.5 Å². The van der Waals surface area contributed by atoms with Crippen LogP contribution in [0.2, 0.25) is 0 Å². The third kappa shape index (κ3) is 5.21. The molecular weight excluding hydrogens is 747 g/mol. The van der Waals surface area contributed by atoms with Gasteiger partial charge in [0, 0.05) is 16.6 Å². The Kier molecular flexibility index (Phi) is 8.04. The standard InChI is InChI=1S/C61H49N/c1-59(2)36-37-60(3,4)58-48(26-17-30-54(58)59)50-38-49-47-25-12-15-29-53(47)61(51-27-13-10-23-45(51)46-24-11-14-28-52(46)61)55(49)39-57(50)62(56-31-16-21-42-20-8-9-22-44(42)56)43-34-32-41(33-35-43)40-18-6-5-7-19-40/h5-35,38-39H,36-37H2,1-4H3. The predicted molar refractivity (Wildman–Crippen MR) is 261 cm³/mol. The molecule has 0 unspecified atom stereocenters. The van der Waals surface area contributed by atoms with Crippen LogP contribution in [-0.2, 0) is 16.2 Å². The third-order valence-electron chi connectivity index (χ3n) is 14.7. The summed E-state index contributed by atoms with van der Waals surface area (Å²) in [5.41, 5.74) is 21.7. The zero-order chi connectivity index (χ0) is 41.8. The minimum atomic E-state index is -0.481. The Morgan fingerprint density at radius 3 is 1.56 bits per heavy atom. The molecule has 0 bridgehead atoms. The van der Waals surface area contributed by atoms with Gasteiger partial charge in [0.25, 0.3) is 0 Å². The number of hydrogen-bond acceptors (Lipinski definition) is 1. The molecule has 0 heterocycles. The number of hydrogen-bond donors (Lipinski definition) is 0. The molecule has 1 heteroatoms. The fourth-order valence-electron chi connectivity index (χ4n) is 11.7. The lowest BCUT2D eigenvalue weighted by atomic mass is 9.61. The van der Waals surface area contributed by atoms with E-state index in [4.69, 9.17) is 0 Å². The number of anilines is 3. The Morgan fingerprint density at radius 2 is 0.871 bits per heavy atom. The van der Waals surface area contributed by atoms with E-state index in [0.717, 1.165) is 24.2 Å². The van der Waals surface area contributed by atoms with Gasteiger partial charge in [-0.05, 0) is 132 Å². The minimum Gasteiger partial charge on any atom is -0.309 e. The molecule has 0 N–H and O–H groups in total. The number of fused-ring (bicyclic) bond motifs is 12. The highest BCUT2D eigenvalue weighted by Crippen LogP contribution is 2.65. The molecule has 0 aromatic heterocycles. The first kappa shape index (κ1) is 36.9. The van der Waals surface area contributed by atoms with Crippen LogP contribution in [0.15, 0.2) is 200 Å². The molecule has 0 atom stereocenters. The molecule has 3 aliphatic rings. The molecule has 0 radical (unpaired) electrons. The fourth-order valence-corrected chi connectivity index (χ4v) is 11.7. The Balaban J connectivity index is 1.23. The molecule has 1 nitrogen and oxygen atoms in total. The van der Waals surface area contributed by atoms with E-state index in [1.807, 2.05) is 0 Å². The average Bonchev–Trinajstić information content (AvgIpc) is 3.78. The normalized spacial score (nSPS) is 15.7. The molecule has 12 rings (SSSR count). The predicted octanol–water partition coefficient (Wildman–Crippen LogP) is 16.3. The molecule has 0 aliphatic heterocycles. The lowest BCUT2D eigenvalue weighted by Gasteiger charge is -2.43. The van der Waals surface area contributed by atoms with Gasteiger partial charge in [-0.25, -0.2) is 0 Å². The summed E-state index contributed by atoms with van der Waals surface area (Å²) in [6.45, 7) is 9.83. The Hall–Kier alpha value is -6.96. The molecule has 298 valence electrons. The maximum atomic E-state index is 2.61. The summed E-state index contributed by atoms with van der Waals surface area (Å²) in [6, 6.07) is 75.6. The molecule has 0 amide bonds. The van der Waals surface area contributed by atoms with Gasteiger partial charge < -0.3 is 4.90 Å². The van der Waals surface area contributed by atoms with Crippen molar-refractivity contribution >= 4 is 27.8 Å². The van der Waals surface area contributed by atoms with Crippen LogP contribution < -0.4 is 4.90 Å². The van der Waals surface area contributed by atoms with Crippen LogP contribution in [0, 0.1) is 0 Å². The molecule has 0 fully saturated rings. The highest BCUT2D eigenvalue weighted by Gasteiger charge is 2.52. The summed E-state index contributed by atoms with van der Waals surface area (Å²) in [5, 5.41) is 2.45. The smallest absolute Gasteiger partial charge is 0.0726 e. The summed E-state index contributed by atoms with van der Waals surface area (Å²) in [7, 11) is 0. The van der Waals surface area contributed by atoms with Gasteiger partial charge in [-0.3, -0.25) is 0 Å². The number of nitrogens with zero attached hydrogens (tertiary/aromatic N) is 1. The second-order valence-corrected chi connectivity index (χ2v) is 19.0. The number of rotatable bonds is 5. The topological polar surface area (TPSA) is 3.24 Å². The largest absolute Gasteiger partial charge is 0.309 e. The van der Waals surface area contributed by atoms with Gasteiger partial charge in [0.1, 0.15) is 0 Å². The van der Waals surface area contributed by atoms with Gasteiger partial charge in [0.15, 0.2) is 0 Å². The highest BCUT2D eigenvalue weighted by atomic mass is 15.1. The first-order valence-corrected chi connectivity index (χ1v) is 22.3. The van der Waals surface area contributed by atoms with Crippen LogP contribution >= 0.6 is 0 Å². The van der Waals surface area contributed by atoms with Crippen LogP contribution in [0.5, 0.6) is 0 Å². The van der Waals surface area contributed by atoms with Crippen molar-refractivity contribution < 1.29 is 0 Å². The molecule has 0 saturated carbocycles. The van der Waals surface area contributed by atoms with Gasteiger partial charge in [0.05, 0.1) is 16.8 Å². The fraction of sp³-hybridized carbons (Fsp3) is 0.148. The van der Waals surface area contributed by atoms with Crippen molar-refractivity contribution in [3.05, 3.63) is 234 Å². The molecule has 0 saturated heterocycles. The van der Waals surface area contributed by atoms with E-state index < -0.39 is 5.41 Å². The van der Waals surface area contributed by atoms with Gasteiger partial charge >= 0.3 is 0 Å². The summed E-state index contributed by atoms with van der Waals surface area (Å²) in [6.07, 6.45) is 2.30. The zero-order valence-corrected chi connectivity index (χ0v) is 35.9. The summed E-state index contributed by atoms with van der Waals surface area (Å²) < 4.78 is 0. The van der Waals surface area contributed by atoms with Crippen LogP contribution in [-0.4, -0.2) is 0 Å². The second kappa shape index (κ2) is 13.5. The van der Waals surface area contributed by atoms with E-state index in [9.17, 15) is 0 Å². The minimum absolute atomic E-state index is 0.0121. The van der Waals surface area contributed by atoms with E-state index in [1.54, 1.807) is 0 Å². The van der Waals surface area contributed by atoms with Crippen LogP contribution in [0.25, 0.3) is 55.3 Å². The Morgan fingerprint density at radius 1 is 0.355 bits per heavy atom. The lowest BCUT2D eigenvalue weighted by molar-refractivity contribution is 0.333. The summed E-state index contributed by atoms with van der Waals surface area (Å²) in [5.74, 6) is 0. The van der Waals surface area contributed by atoms with Crippen LogP contribution in [0.1, 0.15) is 73.9 Å². The molecule has 9 aromatic carbocycles. The maximum absolute atomic E-state index is 2.61. The molecule has 1 spiro atoms. The molecule has 62 heavy (non-hydrogen) atoms. The van der Waals surface area contributed by atoms with Gasteiger partial charge in [-0.2, -0.15) is 0 Å². The second-order valence-electron chi connectivity index (χ2n) is 19.0. The van der Waals surface area contributed by atoms with Crippen LogP contribution in [0.4, 0.5) is 17.1 Å². The molecule has 3 aliphatic carbocycles. The highest BCUT2D eigenvalue weighted by molar-refractivity contribution is 6.04. The first-order chi connectivity index (χ1) is 30.3. The summed E-state index contributed by atoms with van der Waals surface area (Å²) in [4.78, 5) is 2.58. The van der Waals surface area contributed by atoms with E-state index in [2.05, 4.69) is 233 Å². The van der Waals surface area contributed by atoms with Crippen molar-refractivity contribution in [2.75, 3.05) is 4.90 Å². The SMILES string of the molecule is CC1(C)CCC(C)(C)c2c(-c3cc4c(cc3N(c3ccc(-c5ccccc5)cc3)c3cccc5ccccc35)C3(c5ccccc5-c5ccccc53)c3ccccc3-4)cccc21. The molecule has 9 aromatic rings. The van der Waals surface area contributed by atoms with Gasteiger partial charge in [-0.15, -0.1) is 0 Å². The average molecular weight is 796 g/mol. The Bertz CT molecular complexity index is 3190. The number of benzene rings is 9. The quantitative estimate of drug-likeness (QED) is 0.168. The Labute approximate surface area is 366 Å². The third-order valence-corrected chi connectivity index (χ3v) is 14.7. The van der Waals surface area contributed by atoms with Crippen LogP contribution in [0.3, 0.4) is 0 Å². The maximum Gasteiger partial charge on any atom is 0.0726 e. The monoisotopic (exact) mass is 795 g/mol.